The number of rotatable bonds is 7. The van der Waals surface area contributed by atoms with Crippen LogP contribution in [0.4, 0.5) is 0 Å². The number of hydrogen-bond donors (Lipinski definition) is 1. The SMILES string of the molecule is CCCOc1ccc(C(O)CC)cc1OCC. The van der Waals surface area contributed by atoms with Gasteiger partial charge in [-0.3, -0.25) is 0 Å². The zero-order valence-corrected chi connectivity index (χ0v) is 10.9. The average Bonchev–Trinajstić information content (AvgIpc) is 2.36. The summed E-state index contributed by atoms with van der Waals surface area (Å²) in [5, 5.41) is 9.79. The van der Waals surface area contributed by atoms with E-state index in [9.17, 15) is 5.11 Å². The summed E-state index contributed by atoms with van der Waals surface area (Å²) in [6.07, 6.45) is 1.22. The summed E-state index contributed by atoms with van der Waals surface area (Å²) in [4.78, 5) is 0. The number of benzene rings is 1. The summed E-state index contributed by atoms with van der Waals surface area (Å²) in [6, 6.07) is 5.62. The molecular formula is C14H22O3. The van der Waals surface area contributed by atoms with Gasteiger partial charge in [0.2, 0.25) is 0 Å². The fraction of sp³-hybridized carbons (Fsp3) is 0.571. The normalized spacial score (nSPS) is 12.2. The molecule has 0 amide bonds. The molecule has 3 nitrogen and oxygen atoms in total. The fourth-order valence-corrected chi connectivity index (χ4v) is 1.57. The van der Waals surface area contributed by atoms with E-state index < -0.39 is 6.10 Å². The molecule has 1 unspecified atom stereocenters. The van der Waals surface area contributed by atoms with E-state index in [-0.39, 0.29) is 0 Å². The number of hydrogen-bond acceptors (Lipinski definition) is 3. The first-order valence-corrected chi connectivity index (χ1v) is 6.30. The first-order valence-electron chi connectivity index (χ1n) is 6.30. The Balaban J connectivity index is 2.90. The monoisotopic (exact) mass is 238 g/mol. The van der Waals surface area contributed by atoms with Crippen molar-refractivity contribution in [3.05, 3.63) is 23.8 Å². The van der Waals surface area contributed by atoms with Crippen molar-refractivity contribution in [3.8, 4) is 11.5 Å². The Labute approximate surface area is 103 Å². The molecule has 0 radical (unpaired) electrons. The van der Waals surface area contributed by atoms with Crippen molar-refractivity contribution >= 4 is 0 Å². The van der Waals surface area contributed by atoms with Gasteiger partial charge in [-0.05, 0) is 37.5 Å². The highest BCUT2D eigenvalue weighted by Crippen LogP contribution is 2.31. The summed E-state index contributed by atoms with van der Waals surface area (Å²) >= 11 is 0. The fourth-order valence-electron chi connectivity index (χ4n) is 1.57. The molecule has 0 aliphatic heterocycles. The van der Waals surface area contributed by atoms with Crippen molar-refractivity contribution in [1.82, 2.24) is 0 Å². The molecule has 17 heavy (non-hydrogen) atoms. The summed E-state index contributed by atoms with van der Waals surface area (Å²) in [5.41, 5.74) is 0.875. The van der Waals surface area contributed by atoms with E-state index in [4.69, 9.17) is 9.47 Å². The van der Waals surface area contributed by atoms with E-state index in [2.05, 4.69) is 6.92 Å². The zero-order valence-electron chi connectivity index (χ0n) is 10.9. The third-order valence-electron chi connectivity index (χ3n) is 2.50. The molecule has 0 spiro atoms. The van der Waals surface area contributed by atoms with Crippen LogP contribution in [0.3, 0.4) is 0 Å². The maximum atomic E-state index is 9.79. The van der Waals surface area contributed by atoms with Crippen molar-refractivity contribution in [1.29, 1.82) is 0 Å². The van der Waals surface area contributed by atoms with Crippen LogP contribution in [0.2, 0.25) is 0 Å². The molecule has 1 atom stereocenters. The molecule has 1 rings (SSSR count). The second-order valence-electron chi connectivity index (χ2n) is 3.91. The van der Waals surface area contributed by atoms with Gasteiger partial charge in [0, 0.05) is 0 Å². The first-order chi connectivity index (χ1) is 8.22. The van der Waals surface area contributed by atoms with Crippen molar-refractivity contribution in [2.75, 3.05) is 13.2 Å². The lowest BCUT2D eigenvalue weighted by molar-refractivity contribution is 0.172. The van der Waals surface area contributed by atoms with Gasteiger partial charge in [0.25, 0.3) is 0 Å². The van der Waals surface area contributed by atoms with Crippen molar-refractivity contribution in [2.24, 2.45) is 0 Å². The molecule has 0 aliphatic carbocycles. The molecule has 1 N–H and O–H groups in total. The van der Waals surface area contributed by atoms with Gasteiger partial charge >= 0.3 is 0 Å². The molecule has 3 heteroatoms. The third kappa shape index (κ3) is 3.93. The van der Waals surface area contributed by atoms with Crippen molar-refractivity contribution in [3.63, 3.8) is 0 Å². The van der Waals surface area contributed by atoms with Crippen molar-refractivity contribution < 1.29 is 14.6 Å². The second kappa shape index (κ2) is 7.17. The lowest BCUT2D eigenvalue weighted by Crippen LogP contribution is -2.02. The largest absolute Gasteiger partial charge is 0.490 e. The van der Waals surface area contributed by atoms with Crippen LogP contribution in [0.5, 0.6) is 11.5 Å². The molecule has 1 aromatic carbocycles. The van der Waals surface area contributed by atoms with Crippen molar-refractivity contribution in [2.45, 2.75) is 39.7 Å². The number of ether oxygens (including phenoxy) is 2. The highest BCUT2D eigenvalue weighted by Gasteiger charge is 2.10. The van der Waals surface area contributed by atoms with Gasteiger partial charge < -0.3 is 14.6 Å². The molecule has 0 saturated heterocycles. The molecule has 1 aromatic rings. The zero-order chi connectivity index (χ0) is 12.7. The van der Waals surface area contributed by atoms with Crippen LogP contribution in [0, 0.1) is 0 Å². The maximum absolute atomic E-state index is 9.79. The average molecular weight is 238 g/mol. The molecule has 0 bridgehead atoms. The summed E-state index contributed by atoms with van der Waals surface area (Å²) in [5.74, 6) is 1.46. The van der Waals surface area contributed by atoms with E-state index >= 15 is 0 Å². The minimum absolute atomic E-state index is 0.436. The smallest absolute Gasteiger partial charge is 0.161 e. The Morgan fingerprint density at radius 2 is 1.88 bits per heavy atom. The molecule has 96 valence electrons. The molecule has 0 fully saturated rings. The Bertz CT molecular complexity index is 336. The van der Waals surface area contributed by atoms with Gasteiger partial charge in [-0.1, -0.05) is 19.9 Å². The van der Waals surface area contributed by atoms with Crippen LogP contribution in [-0.4, -0.2) is 18.3 Å². The van der Waals surface area contributed by atoms with Gasteiger partial charge in [-0.2, -0.15) is 0 Å². The molecular weight excluding hydrogens is 216 g/mol. The summed E-state index contributed by atoms with van der Waals surface area (Å²) in [6.45, 7) is 7.22. The third-order valence-corrected chi connectivity index (χ3v) is 2.50. The maximum Gasteiger partial charge on any atom is 0.161 e. The van der Waals surface area contributed by atoms with Crippen LogP contribution in [0.25, 0.3) is 0 Å². The highest BCUT2D eigenvalue weighted by molar-refractivity contribution is 5.43. The summed E-state index contributed by atoms with van der Waals surface area (Å²) in [7, 11) is 0. The van der Waals surface area contributed by atoms with Gasteiger partial charge in [-0.15, -0.1) is 0 Å². The van der Waals surface area contributed by atoms with Crippen LogP contribution in [0.1, 0.15) is 45.3 Å². The van der Waals surface area contributed by atoms with E-state index in [1.165, 1.54) is 0 Å². The Morgan fingerprint density at radius 3 is 2.47 bits per heavy atom. The predicted octanol–water partition coefficient (Wildman–Crippen LogP) is 3.32. The van der Waals surface area contributed by atoms with Gasteiger partial charge in [0.15, 0.2) is 11.5 Å². The van der Waals surface area contributed by atoms with E-state index in [0.29, 0.717) is 25.4 Å². The van der Waals surface area contributed by atoms with Gasteiger partial charge in [0.1, 0.15) is 0 Å². The quantitative estimate of drug-likeness (QED) is 0.792. The lowest BCUT2D eigenvalue weighted by atomic mass is 10.1. The number of aliphatic hydroxyl groups excluding tert-OH is 1. The summed E-state index contributed by atoms with van der Waals surface area (Å²) < 4.78 is 11.1. The molecule has 0 saturated carbocycles. The topological polar surface area (TPSA) is 38.7 Å². The molecule has 0 aromatic heterocycles. The predicted molar refractivity (Wildman–Crippen MR) is 68.6 cm³/mol. The number of aliphatic hydroxyl groups is 1. The first kappa shape index (κ1) is 13.8. The van der Waals surface area contributed by atoms with E-state index in [1.807, 2.05) is 32.0 Å². The van der Waals surface area contributed by atoms with Gasteiger partial charge in [0.05, 0.1) is 19.3 Å². The van der Waals surface area contributed by atoms with Crippen LogP contribution >= 0.6 is 0 Å². The van der Waals surface area contributed by atoms with Crippen LogP contribution in [0.15, 0.2) is 18.2 Å². The Morgan fingerprint density at radius 1 is 1.12 bits per heavy atom. The lowest BCUT2D eigenvalue weighted by Gasteiger charge is -2.15. The molecule has 0 heterocycles. The van der Waals surface area contributed by atoms with Crippen LogP contribution in [-0.2, 0) is 0 Å². The van der Waals surface area contributed by atoms with Crippen LogP contribution < -0.4 is 9.47 Å². The molecule has 0 aliphatic rings. The van der Waals surface area contributed by atoms with E-state index in [1.54, 1.807) is 0 Å². The minimum Gasteiger partial charge on any atom is -0.490 e. The van der Waals surface area contributed by atoms with Gasteiger partial charge in [-0.25, -0.2) is 0 Å². The Kier molecular flexibility index (Phi) is 5.84. The Hall–Kier alpha value is -1.22. The standard InChI is InChI=1S/C14H22O3/c1-4-9-17-13-8-7-11(12(15)5-2)10-14(13)16-6-3/h7-8,10,12,15H,4-6,9H2,1-3H3. The van der Waals surface area contributed by atoms with E-state index in [0.717, 1.165) is 17.7 Å². The highest BCUT2D eigenvalue weighted by atomic mass is 16.5. The minimum atomic E-state index is -0.436. The second-order valence-corrected chi connectivity index (χ2v) is 3.91.